The van der Waals surface area contributed by atoms with E-state index in [9.17, 15) is 14.4 Å². The molecular formula is C17H22O3. The van der Waals surface area contributed by atoms with Gasteiger partial charge in [-0.05, 0) is 26.7 Å². The fourth-order valence-electron chi connectivity index (χ4n) is 2.05. The molecule has 0 N–H and O–H groups in total. The largest absolute Gasteiger partial charge is 0.300 e. The van der Waals surface area contributed by atoms with Gasteiger partial charge in [-0.25, -0.2) is 0 Å². The van der Waals surface area contributed by atoms with Crippen molar-refractivity contribution < 1.29 is 14.4 Å². The molecule has 3 nitrogen and oxygen atoms in total. The molecule has 1 aromatic rings. The van der Waals surface area contributed by atoms with Gasteiger partial charge in [0.1, 0.15) is 5.78 Å². The molecule has 0 spiro atoms. The van der Waals surface area contributed by atoms with E-state index < -0.39 is 0 Å². The van der Waals surface area contributed by atoms with Crippen molar-refractivity contribution in [2.45, 2.75) is 52.4 Å². The molecule has 1 rings (SSSR count). The Morgan fingerprint density at radius 2 is 1.25 bits per heavy atom. The van der Waals surface area contributed by atoms with Crippen molar-refractivity contribution in [1.82, 2.24) is 0 Å². The van der Waals surface area contributed by atoms with Gasteiger partial charge >= 0.3 is 0 Å². The van der Waals surface area contributed by atoms with Crippen LogP contribution in [0.1, 0.15) is 73.1 Å². The number of benzene rings is 1. The van der Waals surface area contributed by atoms with Gasteiger partial charge in [-0.1, -0.05) is 37.1 Å². The van der Waals surface area contributed by atoms with Crippen LogP contribution in [0.25, 0.3) is 0 Å². The van der Waals surface area contributed by atoms with E-state index in [4.69, 9.17) is 0 Å². The van der Waals surface area contributed by atoms with E-state index >= 15 is 0 Å². The van der Waals surface area contributed by atoms with E-state index in [1.54, 1.807) is 31.2 Å². The number of hydrogen-bond acceptors (Lipinski definition) is 3. The van der Waals surface area contributed by atoms with Crippen LogP contribution in [0.3, 0.4) is 0 Å². The third-order valence-corrected chi connectivity index (χ3v) is 3.30. The smallest absolute Gasteiger partial charge is 0.162 e. The van der Waals surface area contributed by atoms with Crippen molar-refractivity contribution in [3.8, 4) is 0 Å². The molecule has 0 aliphatic carbocycles. The summed E-state index contributed by atoms with van der Waals surface area (Å²) in [6.07, 6.45) is 4.91. The first-order valence-electron chi connectivity index (χ1n) is 7.14. The average molecular weight is 274 g/mol. The van der Waals surface area contributed by atoms with Gasteiger partial charge in [0.2, 0.25) is 0 Å². The molecule has 0 saturated carbocycles. The summed E-state index contributed by atoms with van der Waals surface area (Å²) in [5.41, 5.74) is 1.30. The minimum absolute atomic E-state index is 0.00877. The van der Waals surface area contributed by atoms with E-state index in [-0.39, 0.29) is 17.3 Å². The van der Waals surface area contributed by atoms with E-state index in [0.717, 1.165) is 25.7 Å². The minimum atomic E-state index is 0.00877. The van der Waals surface area contributed by atoms with E-state index in [1.807, 2.05) is 0 Å². The highest BCUT2D eigenvalue weighted by Gasteiger charge is 2.06. The molecule has 0 unspecified atom stereocenters. The first kappa shape index (κ1) is 16.3. The molecule has 1 aromatic carbocycles. The van der Waals surface area contributed by atoms with Crippen LogP contribution in [0.4, 0.5) is 0 Å². The topological polar surface area (TPSA) is 51.2 Å². The van der Waals surface area contributed by atoms with Gasteiger partial charge in [-0.2, -0.15) is 0 Å². The Morgan fingerprint density at radius 3 is 1.75 bits per heavy atom. The van der Waals surface area contributed by atoms with E-state index in [2.05, 4.69) is 0 Å². The normalized spacial score (nSPS) is 10.3. The fraction of sp³-hybridized carbons (Fsp3) is 0.471. The molecule has 3 heteroatoms. The molecule has 108 valence electrons. The minimum Gasteiger partial charge on any atom is -0.300 e. The Bertz CT molecular complexity index is 472. The first-order valence-corrected chi connectivity index (χ1v) is 7.14. The number of carbonyl (C=O) groups excluding carboxylic acids is 3. The van der Waals surface area contributed by atoms with Crippen LogP contribution in [0.2, 0.25) is 0 Å². The molecule has 0 aliphatic rings. The molecule has 0 amide bonds. The Labute approximate surface area is 120 Å². The van der Waals surface area contributed by atoms with Crippen LogP contribution in [0.5, 0.6) is 0 Å². The monoisotopic (exact) mass is 274 g/mol. The molecule has 20 heavy (non-hydrogen) atoms. The molecule has 0 radical (unpaired) electrons. The Kier molecular flexibility index (Phi) is 6.85. The van der Waals surface area contributed by atoms with Crippen molar-refractivity contribution >= 4 is 17.3 Å². The maximum atomic E-state index is 11.9. The van der Waals surface area contributed by atoms with Crippen molar-refractivity contribution in [3.63, 3.8) is 0 Å². The van der Waals surface area contributed by atoms with Gasteiger partial charge < -0.3 is 4.79 Å². The Hall–Kier alpha value is -1.77. The number of rotatable bonds is 9. The van der Waals surface area contributed by atoms with Crippen LogP contribution in [0.15, 0.2) is 24.3 Å². The second kappa shape index (κ2) is 8.41. The third-order valence-electron chi connectivity index (χ3n) is 3.30. The Morgan fingerprint density at radius 1 is 0.750 bits per heavy atom. The van der Waals surface area contributed by atoms with Crippen molar-refractivity contribution in [2.75, 3.05) is 0 Å². The predicted octanol–water partition coefficient (Wildman–Crippen LogP) is 4.00. The van der Waals surface area contributed by atoms with Gasteiger partial charge in [-0.3, -0.25) is 9.59 Å². The molecule has 0 saturated heterocycles. The van der Waals surface area contributed by atoms with E-state index in [0.29, 0.717) is 24.0 Å². The summed E-state index contributed by atoms with van der Waals surface area (Å²) in [6.45, 7) is 3.12. The van der Waals surface area contributed by atoms with Gasteiger partial charge in [0.25, 0.3) is 0 Å². The summed E-state index contributed by atoms with van der Waals surface area (Å²) < 4.78 is 0. The highest BCUT2D eigenvalue weighted by molar-refractivity contribution is 5.98. The quantitative estimate of drug-likeness (QED) is 0.505. The van der Waals surface area contributed by atoms with Crippen molar-refractivity contribution in [2.24, 2.45) is 0 Å². The molecule has 0 bridgehead atoms. The van der Waals surface area contributed by atoms with Crippen molar-refractivity contribution in [3.05, 3.63) is 35.4 Å². The highest BCUT2D eigenvalue weighted by Crippen LogP contribution is 2.11. The van der Waals surface area contributed by atoms with Crippen molar-refractivity contribution in [1.29, 1.82) is 0 Å². The number of hydrogen-bond donors (Lipinski definition) is 0. The Balaban J connectivity index is 2.29. The van der Waals surface area contributed by atoms with Crippen LogP contribution < -0.4 is 0 Å². The zero-order chi connectivity index (χ0) is 15.0. The highest BCUT2D eigenvalue weighted by atomic mass is 16.1. The fourth-order valence-corrected chi connectivity index (χ4v) is 2.05. The molecule has 0 fully saturated rings. The van der Waals surface area contributed by atoms with Gasteiger partial charge in [0, 0.05) is 24.0 Å². The lowest BCUT2D eigenvalue weighted by atomic mass is 10.0. The lowest BCUT2D eigenvalue weighted by Crippen LogP contribution is -2.00. The SMILES string of the molecule is CC(=O)CCCCCCC(=O)c1ccc(C(C)=O)cc1. The predicted molar refractivity (Wildman–Crippen MR) is 79.2 cm³/mol. The zero-order valence-electron chi connectivity index (χ0n) is 12.3. The summed E-state index contributed by atoms with van der Waals surface area (Å²) >= 11 is 0. The van der Waals surface area contributed by atoms with Crippen LogP contribution in [0, 0.1) is 0 Å². The second-order valence-electron chi connectivity index (χ2n) is 5.17. The molecular weight excluding hydrogens is 252 g/mol. The van der Waals surface area contributed by atoms with E-state index in [1.165, 1.54) is 6.92 Å². The standard InChI is InChI=1S/C17H22O3/c1-13(18)7-5-3-4-6-8-17(20)16-11-9-15(10-12-16)14(2)19/h9-12H,3-8H2,1-2H3. The molecule has 0 aliphatic heterocycles. The number of ketones is 3. The van der Waals surface area contributed by atoms with Crippen LogP contribution >= 0.6 is 0 Å². The summed E-state index contributed by atoms with van der Waals surface area (Å²) in [5, 5.41) is 0. The summed E-state index contributed by atoms with van der Waals surface area (Å²) in [7, 11) is 0. The average Bonchev–Trinajstić information content (AvgIpc) is 2.42. The third kappa shape index (κ3) is 5.91. The summed E-state index contributed by atoms with van der Waals surface area (Å²) in [4.78, 5) is 33.8. The van der Waals surface area contributed by atoms with Crippen LogP contribution in [-0.2, 0) is 4.79 Å². The summed E-state index contributed by atoms with van der Waals surface area (Å²) in [6, 6.07) is 6.83. The molecule has 0 aromatic heterocycles. The first-order chi connectivity index (χ1) is 9.50. The molecule has 0 heterocycles. The molecule has 0 atom stereocenters. The van der Waals surface area contributed by atoms with Gasteiger partial charge in [0.15, 0.2) is 11.6 Å². The van der Waals surface area contributed by atoms with Crippen LogP contribution in [-0.4, -0.2) is 17.3 Å². The lowest BCUT2D eigenvalue weighted by molar-refractivity contribution is -0.117. The van der Waals surface area contributed by atoms with Gasteiger partial charge in [0.05, 0.1) is 0 Å². The van der Waals surface area contributed by atoms with Gasteiger partial charge in [-0.15, -0.1) is 0 Å². The maximum Gasteiger partial charge on any atom is 0.162 e. The zero-order valence-corrected chi connectivity index (χ0v) is 12.3. The second-order valence-corrected chi connectivity index (χ2v) is 5.17. The maximum absolute atomic E-state index is 11.9. The summed E-state index contributed by atoms with van der Waals surface area (Å²) in [5.74, 6) is 0.354. The number of carbonyl (C=O) groups is 3. The number of Topliss-reactive ketones (excluding diaryl/α,β-unsaturated/α-hetero) is 3. The lowest BCUT2D eigenvalue weighted by Gasteiger charge is -2.02. The number of unbranched alkanes of at least 4 members (excludes halogenated alkanes) is 3.